The molecule has 3 heterocycles. The molecular formula is C16H22N4O2S2. The lowest BCUT2D eigenvalue weighted by Crippen LogP contribution is -2.37. The van der Waals surface area contributed by atoms with Gasteiger partial charge in [-0.25, -0.2) is 9.97 Å². The van der Waals surface area contributed by atoms with E-state index >= 15 is 0 Å². The molecule has 0 radical (unpaired) electrons. The molecule has 3 rings (SSSR count). The van der Waals surface area contributed by atoms with Gasteiger partial charge < -0.3 is 15.0 Å². The normalized spacial score (nSPS) is 16.4. The molecule has 0 saturated carbocycles. The maximum atomic E-state index is 12.9. The van der Waals surface area contributed by atoms with Gasteiger partial charge in [-0.2, -0.15) is 11.8 Å². The zero-order chi connectivity index (χ0) is 17.1. The van der Waals surface area contributed by atoms with E-state index < -0.39 is 0 Å². The molecule has 1 amide bonds. The van der Waals surface area contributed by atoms with Crippen molar-refractivity contribution in [3.05, 3.63) is 16.8 Å². The Morgan fingerprint density at radius 3 is 2.88 bits per heavy atom. The molecule has 1 N–H and O–H groups in total. The van der Waals surface area contributed by atoms with E-state index in [0.717, 1.165) is 51.1 Å². The summed E-state index contributed by atoms with van der Waals surface area (Å²) >= 11 is 3.36. The molecule has 1 aliphatic heterocycles. The first-order valence-corrected chi connectivity index (χ1v) is 9.95. The molecule has 8 heteroatoms. The van der Waals surface area contributed by atoms with Gasteiger partial charge in [0, 0.05) is 37.7 Å². The number of nitrogens with one attached hydrogen (secondary N) is 1. The molecule has 0 bridgehead atoms. The Morgan fingerprint density at radius 2 is 2.17 bits per heavy atom. The lowest BCUT2D eigenvalue weighted by Gasteiger charge is -2.26. The van der Waals surface area contributed by atoms with Crippen molar-refractivity contribution in [1.29, 1.82) is 0 Å². The van der Waals surface area contributed by atoms with Crippen molar-refractivity contribution < 1.29 is 9.53 Å². The second-order valence-electron chi connectivity index (χ2n) is 5.86. The van der Waals surface area contributed by atoms with Crippen molar-refractivity contribution in [2.24, 2.45) is 0 Å². The van der Waals surface area contributed by atoms with Crippen LogP contribution in [0.4, 0.5) is 5.82 Å². The average Bonchev–Trinajstić information content (AvgIpc) is 2.93. The summed E-state index contributed by atoms with van der Waals surface area (Å²) in [5.74, 6) is 2.91. The third-order valence-electron chi connectivity index (χ3n) is 4.02. The minimum atomic E-state index is 0.117. The van der Waals surface area contributed by atoms with Crippen LogP contribution in [0.15, 0.2) is 6.33 Å². The molecule has 6 nitrogen and oxygen atoms in total. The zero-order valence-electron chi connectivity index (χ0n) is 14.2. The molecule has 1 fully saturated rings. The van der Waals surface area contributed by atoms with Gasteiger partial charge in [0.1, 0.15) is 17.0 Å². The molecule has 0 aromatic carbocycles. The fraction of sp³-hybridized carbons (Fsp3) is 0.562. The van der Waals surface area contributed by atoms with E-state index in [1.165, 1.54) is 11.3 Å². The smallest absolute Gasteiger partial charge is 0.264 e. The van der Waals surface area contributed by atoms with Crippen molar-refractivity contribution in [2.45, 2.75) is 19.9 Å². The lowest BCUT2D eigenvalue weighted by molar-refractivity contribution is 0.0776. The first-order chi connectivity index (χ1) is 11.6. The Morgan fingerprint density at radius 1 is 1.42 bits per heavy atom. The third-order valence-corrected chi connectivity index (χ3v) is 6.15. The van der Waals surface area contributed by atoms with Crippen LogP contribution in [0.2, 0.25) is 0 Å². The summed E-state index contributed by atoms with van der Waals surface area (Å²) in [4.78, 5) is 25.2. The molecule has 2 aromatic heterocycles. The average molecular weight is 367 g/mol. The number of carbonyl (C=O) groups is 1. The number of thioether (sulfide) groups is 1. The Hall–Kier alpha value is -1.38. The second kappa shape index (κ2) is 7.67. The van der Waals surface area contributed by atoms with Crippen molar-refractivity contribution >= 4 is 45.0 Å². The number of thiophene rings is 1. The maximum Gasteiger partial charge on any atom is 0.264 e. The van der Waals surface area contributed by atoms with Crippen LogP contribution in [-0.2, 0) is 4.74 Å². The molecule has 0 spiro atoms. The Labute approximate surface area is 150 Å². The first kappa shape index (κ1) is 17.4. The fourth-order valence-corrected chi connectivity index (χ4v) is 4.84. The van der Waals surface area contributed by atoms with Crippen LogP contribution in [0.3, 0.4) is 0 Å². The molecule has 1 unspecified atom stereocenters. The molecule has 130 valence electrons. The van der Waals surface area contributed by atoms with Crippen molar-refractivity contribution in [2.75, 3.05) is 43.6 Å². The SMILES string of the molecule is COCC(C)Nc1ncnc2sc(C(=O)N3CCSCC3)c(C)c12. The van der Waals surface area contributed by atoms with E-state index in [1.54, 1.807) is 13.4 Å². The van der Waals surface area contributed by atoms with E-state index in [2.05, 4.69) is 15.3 Å². The van der Waals surface area contributed by atoms with E-state index in [-0.39, 0.29) is 11.9 Å². The molecule has 24 heavy (non-hydrogen) atoms. The number of hydrogen-bond acceptors (Lipinski definition) is 7. The van der Waals surface area contributed by atoms with Crippen molar-refractivity contribution in [3.63, 3.8) is 0 Å². The monoisotopic (exact) mass is 366 g/mol. The standard InChI is InChI=1S/C16H22N4O2S2/c1-10(8-22-3)19-14-12-11(2)13(24-15(12)18-9-17-14)16(21)20-4-6-23-7-5-20/h9-10H,4-8H2,1-3H3,(H,17,18,19). The fourth-order valence-electron chi connectivity index (χ4n) is 2.82. The summed E-state index contributed by atoms with van der Waals surface area (Å²) in [7, 11) is 1.68. The van der Waals surface area contributed by atoms with Crippen LogP contribution in [0.5, 0.6) is 0 Å². The second-order valence-corrected chi connectivity index (χ2v) is 8.09. The van der Waals surface area contributed by atoms with Gasteiger partial charge in [0.15, 0.2) is 0 Å². The number of aryl methyl sites for hydroxylation is 1. The number of nitrogens with zero attached hydrogens (tertiary/aromatic N) is 3. The van der Waals surface area contributed by atoms with Crippen molar-refractivity contribution in [3.8, 4) is 0 Å². The van der Waals surface area contributed by atoms with Gasteiger partial charge in [-0.1, -0.05) is 0 Å². The Kier molecular flexibility index (Phi) is 5.57. The number of hydrogen-bond donors (Lipinski definition) is 1. The molecular weight excluding hydrogens is 344 g/mol. The zero-order valence-corrected chi connectivity index (χ0v) is 15.8. The number of carbonyl (C=O) groups excluding carboxylic acids is 1. The van der Waals surface area contributed by atoms with Gasteiger partial charge >= 0.3 is 0 Å². The summed E-state index contributed by atoms with van der Waals surface area (Å²) in [5.41, 5.74) is 0.964. The molecule has 1 saturated heterocycles. The number of aromatic nitrogens is 2. The predicted molar refractivity (Wildman–Crippen MR) is 100 cm³/mol. The molecule has 2 aromatic rings. The summed E-state index contributed by atoms with van der Waals surface area (Å²) in [6.07, 6.45) is 1.55. The van der Waals surface area contributed by atoms with Crippen LogP contribution < -0.4 is 5.32 Å². The largest absolute Gasteiger partial charge is 0.383 e. The highest BCUT2D eigenvalue weighted by Gasteiger charge is 2.25. The van der Waals surface area contributed by atoms with Gasteiger partial charge in [0.05, 0.1) is 16.9 Å². The Balaban J connectivity index is 1.93. The third kappa shape index (κ3) is 3.50. The summed E-state index contributed by atoms with van der Waals surface area (Å²) in [5, 5.41) is 4.31. The van der Waals surface area contributed by atoms with Gasteiger partial charge in [0.25, 0.3) is 5.91 Å². The number of anilines is 1. The summed E-state index contributed by atoms with van der Waals surface area (Å²) in [6.45, 7) is 6.25. The number of rotatable bonds is 5. The minimum Gasteiger partial charge on any atom is -0.383 e. The van der Waals surface area contributed by atoms with Crippen molar-refractivity contribution in [1.82, 2.24) is 14.9 Å². The highest BCUT2D eigenvalue weighted by molar-refractivity contribution is 7.99. The van der Waals surface area contributed by atoms with E-state index in [4.69, 9.17) is 4.74 Å². The number of methoxy groups -OCH3 is 1. The van der Waals surface area contributed by atoms with E-state index in [9.17, 15) is 4.79 Å². The van der Waals surface area contributed by atoms with Crippen LogP contribution in [0.25, 0.3) is 10.2 Å². The summed E-state index contributed by atoms with van der Waals surface area (Å²) < 4.78 is 5.17. The van der Waals surface area contributed by atoms with Crippen LogP contribution in [0.1, 0.15) is 22.2 Å². The summed E-state index contributed by atoms with van der Waals surface area (Å²) in [6, 6.07) is 0.130. The van der Waals surface area contributed by atoms with Gasteiger partial charge in [-0.15, -0.1) is 11.3 Å². The van der Waals surface area contributed by atoms with Gasteiger partial charge in [0.2, 0.25) is 0 Å². The highest BCUT2D eigenvalue weighted by Crippen LogP contribution is 2.34. The van der Waals surface area contributed by atoms with Crippen LogP contribution in [0, 0.1) is 6.92 Å². The quantitative estimate of drug-likeness (QED) is 0.877. The number of ether oxygens (including phenoxy) is 1. The molecule has 1 atom stereocenters. The number of amides is 1. The van der Waals surface area contributed by atoms with Crippen LogP contribution in [-0.4, -0.2) is 65.1 Å². The lowest BCUT2D eigenvalue weighted by atomic mass is 10.2. The van der Waals surface area contributed by atoms with E-state index in [1.807, 2.05) is 30.5 Å². The predicted octanol–water partition coefficient (Wildman–Crippen LogP) is 2.64. The topological polar surface area (TPSA) is 67.3 Å². The maximum absolute atomic E-state index is 12.9. The van der Waals surface area contributed by atoms with E-state index in [0.29, 0.717) is 6.61 Å². The first-order valence-electron chi connectivity index (χ1n) is 7.98. The number of fused-ring (bicyclic) bond motifs is 1. The van der Waals surface area contributed by atoms with Crippen LogP contribution >= 0.6 is 23.1 Å². The van der Waals surface area contributed by atoms with Gasteiger partial charge in [-0.05, 0) is 19.4 Å². The molecule has 1 aliphatic rings. The Bertz CT molecular complexity index is 728. The molecule has 0 aliphatic carbocycles. The van der Waals surface area contributed by atoms with Gasteiger partial charge in [-0.3, -0.25) is 4.79 Å². The minimum absolute atomic E-state index is 0.117. The highest BCUT2D eigenvalue weighted by atomic mass is 32.2.